The molecule has 0 atom stereocenters. The molecule has 2 N–H and O–H groups in total. The smallest absolute Gasteiger partial charge is 0.264 e. The second kappa shape index (κ2) is 8.67. The van der Waals surface area contributed by atoms with Crippen molar-refractivity contribution in [2.24, 2.45) is 0 Å². The SMILES string of the molecule is O=C(NCc1ccccc1)c1sc(Nc2ccc(F)cc2)nc1-c1ccccc1. The molecular weight excluding hydrogens is 385 g/mol. The molecule has 0 saturated heterocycles. The highest BCUT2D eigenvalue weighted by molar-refractivity contribution is 7.18. The molecule has 0 radical (unpaired) electrons. The van der Waals surface area contributed by atoms with E-state index in [-0.39, 0.29) is 11.7 Å². The summed E-state index contributed by atoms with van der Waals surface area (Å²) < 4.78 is 13.2. The lowest BCUT2D eigenvalue weighted by Crippen LogP contribution is -2.22. The van der Waals surface area contributed by atoms with Crippen LogP contribution in [-0.2, 0) is 6.54 Å². The highest BCUT2D eigenvalue weighted by atomic mass is 32.1. The monoisotopic (exact) mass is 403 g/mol. The fourth-order valence-electron chi connectivity index (χ4n) is 2.83. The van der Waals surface area contributed by atoms with Gasteiger partial charge in [-0.2, -0.15) is 0 Å². The predicted octanol–water partition coefficient (Wildman–Crippen LogP) is 5.62. The number of carbonyl (C=O) groups excluding carboxylic acids is 1. The molecule has 0 bridgehead atoms. The Hall–Kier alpha value is -3.51. The first kappa shape index (κ1) is 18.8. The van der Waals surface area contributed by atoms with Crippen molar-refractivity contribution in [3.63, 3.8) is 0 Å². The molecule has 4 nitrogen and oxygen atoms in total. The van der Waals surface area contributed by atoms with E-state index in [1.54, 1.807) is 12.1 Å². The number of halogens is 1. The number of hydrogen-bond acceptors (Lipinski definition) is 4. The summed E-state index contributed by atoms with van der Waals surface area (Å²) in [6.45, 7) is 0.437. The Morgan fingerprint density at radius 3 is 2.24 bits per heavy atom. The lowest BCUT2D eigenvalue weighted by Gasteiger charge is -2.05. The van der Waals surface area contributed by atoms with Gasteiger partial charge in [0.1, 0.15) is 10.7 Å². The maximum absolute atomic E-state index is 13.2. The molecule has 0 fully saturated rings. The molecule has 3 aromatic carbocycles. The molecule has 6 heteroatoms. The minimum atomic E-state index is -0.305. The fourth-order valence-corrected chi connectivity index (χ4v) is 3.76. The second-order valence-corrected chi connectivity index (χ2v) is 7.36. The molecule has 29 heavy (non-hydrogen) atoms. The van der Waals surface area contributed by atoms with Crippen LogP contribution in [0.1, 0.15) is 15.2 Å². The van der Waals surface area contributed by atoms with Crippen molar-refractivity contribution in [2.75, 3.05) is 5.32 Å². The average molecular weight is 403 g/mol. The van der Waals surface area contributed by atoms with E-state index in [0.29, 0.717) is 27.9 Å². The van der Waals surface area contributed by atoms with E-state index in [4.69, 9.17) is 0 Å². The molecule has 4 rings (SSSR count). The maximum atomic E-state index is 13.2. The first-order chi connectivity index (χ1) is 14.2. The molecule has 0 unspecified atom stereocenters. The number of thiazole rings is 1. The van der Waals surface area contributed by atoms with Gasteiger partial charge in [-0.1, -0.05) is 72.0 Å². The quantitative estimate of drug-likeness (QED) is 0.439. The van der Waals surface area contributed by atoms with Gasteiger partial charge in [-0.05, 0) is 29.8 Å². The molecular formula is C23H18FN3OS. The molecule has 144 valence electrons. The zero-order valence-corrected chi connectivity index (χ0v) is 16.2. The van der Waals surface area contributed by atoms with Crippen molar-refractivity contribution in [2.45, 2.75) is 6.54 Å². The summed E-state index contributed by atoms with van der Waals surface area (Å²) in [5.41, 5.74) is 3.21. The van der Waals surface area contributed by atoms with Crippen molar-refractivity contribution < 1.29 is 9.18 Å². The van der Waals surface area contributed by atoms with E-state index in [2.05, 4.69) is 15.6 Å². The Labute approximate surface area is 172 Å². The number of hydrogen-bond donors (Lipinski definition) is 2. The third-order valence-corrected chi connectivity index (χ3v) is 5.24. The Balaban J connectivity index is 1.61. The molecule has 0 spiro atoms. The van der Waals surface area contributed by atoms with Gasteiger partial charge in [0.15, 0.2) is 5.13 Å². The Morgan fingerprint density at radius 2 is 1.55 bits per heavy atom. The van der Waals surface area contributed by atoms with Gasteiger partial charge in [-0.25, -0.2) is 9.37 Å². The number of aromatic nitrogens is 1. The van der Waals surface area contributed by atoms with Crippen LogP contribution in [0.3, 0.4) is 0 Å². The van der Waals surface area contributed by atoms with E-state index in [1.807, 2.05) is 60.7 Å². The normalized spacial score (nSPS) is 10.5. The van der Waals surface area contributed by atoms with Gasteiger partial charge in [0.2, 0.25) is 0 Å². The predicted molar refractivity (Wildman–Crippen MR) is 115 cm³/mol. The molecule has 1 heterocycles. The highest BCUT2D eigenvalue weighted by Crippen LogP contribution is 2.32. The van der Waals surface area contributed by atoms with Crippen LogP contribution < -0.4 is 10.6 Å². The Bertz CT molecular complexity index is 1100. The maximum Gasteiger partial charge on any atom is 0.264 e. The number of rotatable bonds is 6. The van der Waals surface area contributed by atoms with Gasteiger partial charge >= 0.3 is 0 Å². The highest BCUT2D eigenvalue weighted by Gasteiger charge is 2.19. The van der Waals surface area contributed by atoms with Gasteiger partial charge in [0.25, 0.3) is 5.91 Å². The minimum Gasteiger partial charge on any atom is -0.347 e. The summed E-state index contributed by atoms with van der Waals surface area (Å²) in [6.07, 6.45) is 0. The first-order valence-electron chi connectivity index (χ1n) is 9.10. The third kappa shape index (κ3) is 4.67. The van der Waals surface area contributed by atoms with Gasteiger partial charge in [0.05, 0.1) is 5.69 Å². The molecule has 0 aliphatic carbocycles. The standard InChI is InChI=1S/C23H18FN3OS/c24-18-11-13-19(14-12-18)26-23-27-20(17-9-5-2-6-10-17)21(29-23)22(28)25-15-16-7-3-1-4-8-16/h1-14H,15H2,(H,25,28)(H,26,27). The number of amides is 1. The van der Waals surface area contributed by atoms with Crippen LogP contribution in [0.4, 0.5) is 15.2 Å². The molecule has 4 aromatic rings. The number of anilines is 2. The van der Waals surface area contributed by atoms with Crippen molar-refractivity contribution in [3.8, 4) is 11.3 Å². The zero-order valence-electron chi connectivity index (χ0n) is 15.4. The lowest BCUT2D eigenvalue weighted by atomic mass is 10.1. The van der Waals surface area contributed by atoms with Crippen molar-refractivity contribution in [1.29, 1.82) is 0 Å². The molecule has 0 aliphatic heterocycles. The van der Waals surface area contributed by atoms with Crippen LogP contribution in [-0.4, -0.2) is 10.9 Å². The zero-order chi connectivity index (χ0) is 20.1. The van der Waals surface area contributed by atoms with Crippen LogP contribution in [0.2, 0.25) is 0 Å². The van der Waals surface area contributed by atoms with Crippen molar-refractivity contribution in [1.82, 2.24) is 10.3 Å². The largest absolute Gasteiger partial charge is 0.347 e. The van der Waals surface area contributed by atoms with Crippen LogP contribution in [0.25, 0.3) is 11.3 Å². The molecule has 0 saturated carbocycles. The van der Waals surface area contributed by atoms with Gasteiger partial charge in [0, 0.05) is 17.8 Å². The molecule has 1 aromatic heterocycles. The van der Waals surface area contributed by atoms with E-state index in [9.17, 15) is 9.18 Å². The lowest BCUT2D eigenvalue weighted by molar-refractivity contribution is 0.0955. The summed E-state index contributed by atoms with van der Waals surface area (Å²) in [4.78, 5) is 18.1. The van der Waals surface area contributed by atoms with E-state index in [0.717, 1.165) is 11.1 Å². The Kier molecular flexibility index (Phi) is 5.63. The van der Waals surface area contributed by atoms with Crippen LogP contribution >= 0.6 is 11.3 Å². The van der Waals surface area contributed by atoms with Gasteiger partial charge < -0.3 is 10.6 Å². The van der Waals surface area contributed by atoms with E-state index < -0.39 is 0 Å². The van der Waals surface area contributed by atoms with Gasteiger partial charge in [-0.3, -0.25) is 4.79 Å². The average Bonchev–Trinajstić information content (AvgIpc) is 3.19. The van der Waals surface area contributed by atoms with E-state index >= 15 is 0 Å². The summed E-state index contributed by atoms with van der Waals surface area (Å²) in [5, 5.41) is 6.69. The number of benzene rings is 3. The molecule has 0 aliphatic rings. The third-order valence-electron chi connectivity index (χ3n) is 4.27. The number of nitrogens with zero attached hydrogens (tertiary/aromatic N) is 1. The van der Waals surface area contributed by atoms with E-state index in [1.165, 1.54) is 23.5 Å². The second-order valence-electron chi connectivity index (χ2n) is 6.36. The number of nitrogens with one attached hydrogen (secondary N) is 2. The molecule has 1 amide bonds. The fraction of sp³-hybridized carbons (Fsp3) is 0.0435. The first-order valence-corrected chi connectivity index (χ1v) is 9.91. The van der Waals surface area contributed by atoms with Crippen LogP contribution in [0.15, 0.2) is 84.9 Å². The van der Waals surface area contributed by atoms with Crippen molar-refractivity contribution >= 4 is 28.1 Å². The minimum absolute atomic E-state index is 0.183. The Morgan fingerprint density at radius 1 is 0.897 bits per heavy atom. The van der Waals surface area contributed by atoms with Crippen LogP contribution in [0, 0.1) is 5.82 Å². The summed E-state index contributed by atoms with van der Waals surface area (Å²) in [5.74, 6) is -0.488. The topological polar surface area (TPSA) is 54.0 Å². The summed E-state index contributed by atoms with van der Waals surface area (Å²) >= 11 is 1.27. The van der Waals surface area contributed by atoms with Crippen LogP contribution in [0.5, 0.6) is 0 Å². The number of carbonyl (C=O) groups is 1. The van der Waals surface area contributed by atoms with Gasteiger partial charge in [-0.15, -0.1) is 0 Å². The summed E-state index contributed by atoms with van der Waals surface area (Å²) in [6, 6.07) is 25.3. The summed E-state index contributed by atoms with van der Waals surface area (Å²) in [7, 11) is 0. The van der Waals surface area contributed by atoms with Crippen molar-refractivity contribution in [3.05, 3.63) is 101 Å².